The van der Waals surface area contributed by atoms with Crippen molar-refractivity contribution in [3.05, 3.63) is 80.9 Å². The summed E-state index contributed by atoms with van der Waals surface area (Å²) in [4.78, 5) is 18.3. The van der Waals surface area contributed by atoms with Gasteiger partial charge in [0, 0.05) is 40.9 Å². The molecule has 4 N–H and O–H groups in total. The number of hydrogen-bond donors (Lipinski definition) is 4. The first-order chi connectivity index (χ1) is 24.0. The highest BCUT2D eigenvalue weighted by Gasteiger charge is 2.56. The molecule has 1 saturated heterocycles. The number of piperazine rings is 1. The van der Waals surface area contributed by atoms with Crippen LogP contribution in [0.1, 0.15) is 61.4 Å². The zero-order valence-electron chi connectivity index (χ0n) is 29.3. The van der Waals surface area contributed by atoms with E-state index in [9.17, 15) is 25.4 Å². The molecule has 4 aromatic rings. The third-order valence-corrected chi connectivity index (χ3v) is 11.4. The second-order valence-electron chi connectivity index (χ2n) is 13.5. The maximum atomic E-state index is 14.0. The lowest BCUT2D eigenvalue weighted by atomic mass is 9.70. The summed E-state index contributed by atoms with van der Waals surface area (Å²) in [6, 6.07) is 10.8. The van der Waals surface area contributed by atoms with Gasteiger partial charge in [0.1, 0.15) is 17.5 Å². The molecule has 7 rings (SSSR count). The number of methoxy groups -OCH3 is 3. The number of aromatic hydroxyl groups is 3. The Morgan fingerprint density at radius 3 is 2.18 bits per heavy atom. The highest BCUT2D eigenvalue weighted by molar-refractivity contribution is 6.09. The standard InChI is InChI=1S/C39H42N4O7/c1-18-19(2)37(49-6)35(46)32-23(18)14-25-27(16-40)43-26(33(32)42(25)4)15-24-30(34(45)38(50-7)20(3)36(24)48-5)28(43)17-41-39(47)31-22-11-9-8-10-21(22)12-13-29(31)44/h8-13,25-28,33,44-46H,14-15,17H2,1-7H3,(H,41,47)/t25-,26-,27?,28-,33-/m0/s1. The number of hydrogen-bond acceptors (Lipinski definition) is 10. The van der Waals surface area contributed by atoms with Crippen LogP contribution in [0.4, 0.5) is 0 Å². The fourth-order valence-corrected chi connectivity index (χ4v) is 9.12. The number of nitrogens with one attached hydrogen (secondary N) is 1. The number of phenols is 3. The van der Waals surface area contributed by atoms with E-state index in [0.29, 0.717) is 40.9 Å². The number of likely N-dealkylation sites (N-methyl/N-ethyl adjacent to an activating group) is 1. The molecule has 1 fully saturated rings. The van der Waals surface area contributed by atoms with Crippen molar-refractivity contribution in [2.24, 2.45) is 0 Å². The smallest absolute Gasteiger partial charge is 0.255 e. The molecule has 50 heavy (non-hydrogen) atoms. The minimum Gasteiger partial charge on any atom is -0.507 e. The second-order valence-corrected chi connectivity index (χ2v) is 13.5. The van der Waals surface area contributed by atoms with Crippen LogP contribution in [-0.2, 0) is 12.8 Å². The highest BCUT2D eigenvalue weighted by atomic mass is 16.5. The molecule has 0 spiro atoms. The number of nitriles is 1. The van der Waals surface area contributed by atoms with Crippen LogP contribution in [0.5, 0.6) is 34.5 Å². The number of amides is 1. The van der Waals surface area contributed by atoms with E-state index >= 15 is 0 Å². The number of nitrogens with zero attached hydrogens (tertiary/aromatic N) is 3. The monoisotopic (exact) mass is 678 g/mol. The van der Waals surface area contributed by atoms with Crippen LogP contribution in [0.25, 0.3) is 10.8 Å². The Morgan fingerprint density at radius 1 is 0.860 bits per heavy atom. The SMILES string of the molecule is COc1c(C)c(C)c2c(c1O)[C@@H]1[C@@H]3Cc4c(OC)c(C)c(OC)c(O)c4[C@H](CNC(=O)c4c(O)ccc5ccccc45)N3C(C#N)[C@H](C2)N1C. The molecule has 3 aliphatic heterocycles. The van der Waals surface area contributed by atoms with Gasteiger partial charge in [-0.15, -0.1) is 0 Å². The summed E-state index contributed by atoms with van der Waals surface area (Å²) in [6.07, 6.45) is 0.885. The van der Waals surface area contributed by atoms with E-state index in [2.05, 4.69) is 21.2 Å². The number of phenolic OH excluding ortho intramolecular Hbond substituents is 3. The van der Waals surface area contributed by atoms with Crippen LogP contribution in [0, 0.1) is 32.1 Å². The number of ether oxygens (including phenoxy) is 3. The maximum absolute atomic E-state index is 14.0. The molecule has 3 heterocycles. The first-order valence-electron chi connectivity index (χ1n) is 16.7. The van der Waals surface area contributed by atoms with E-state index in [1.165, 1.54) is 13.2 Å². The topological polar surface area (TPSA) is 148 Å². The van der Waals surface area contributed by atoms with Gasteiger partial charge in [-0.2, -0.15) is 5.26 Å². The first kappa shape index (κ1) is 33.3. The molecule has 1 unspecified atom stereocenters. The van der Waals surface area contributed by atoms with Gasteiger partial charge in [-0.3, -0.25) is 14.6 Å². The minimum atomic E-state index is -0.714. The van der Waals surface area contributed by atoms with Gasteiger partial charge in [-0.1, -0.05) is 30.3 Å². The zero-order valence-corrected chi connectivity index (χ0v) is 29.3. The van der Waals surface area contributed by atoms with Crippen molar-refractivity contribution in [1.82, 2.24) is 15.1 Å². The lowest BCUT2D eigenvalue weighted by Crippen LogP contribution is -2.68. The van der Waals surface area contributed by atoms with Crippen molar-refractivity contribution in [3.8, 4) is 40.6 Å². The molecule has 11 heteroatoms. The van der Waals surface area contributed by atoms with E-state index in [-0.39, 0.29) is 53.2 Å². The molecule has 0 aromatic heterocycles. The normalized spacial score (nSPS) is 22.6. The number of rotatable bonds is 6. The Kier molecular flexibility index (Phi) is 8.20. The molecule has 0 aliphatic carbocycles. The molecule has 1 amide bonds. The summed E-state index contributed by atoms with van der Waals surface area (Å²) in [5.41, 5.74) is 5.67. The fourth-order valence-electron chi connectivity index (χ4n) is 9.12. The fraction of sp³-hybridized carbons (Fsp3) is 0.385. The zero-order chi connectivity index (χ0) is 35.8. The molecule has 0 saturated carbocycles. The van der Waals surface area contributed by atoms with Crippen LogP contribution in [0.2, 0.25) is 0 Å². The largest absolute Gasteiger partial charge is 0.507 e. The molecule has 3 aliphatic rings. The van der Waals surface area contributed by atoms with Gasteiger partial charge in [0.2, 0.25) is 0 Å². The van der Waals surface area contributed by atoms with Crippen LogP contribution in [-0.4, -0.2) is 84.1 Å². The average molecular weight is 679 g/mol. The maximum Gasteiger partial charge on any atom is 0.255 e. The summed E-state index contributed by atoms with van der Waals surface area (Å²) in [5, 5.41) is 50.0. The lowest BCUT2D eigenvalue weighted by Gasteiger charge is -2.60. The molecule has 4 aromatic carbocycles. The van der Waals surface area contributed by atoms with Crippen LogP contribution in [0.15, 0.2) is 36.4 Å². The molecular formula is C39H42N4O7. The summed E-state index contributed by atoms with van der Waals surface area (Å²) in [5.74, 6) is 0.587. The van der Waals surface area contributed by atoms with Crippen LogP contribution in [0.3, 0.4) is 0 Å². The Hall–Kier alpha value is -5.18. The molecule has 5 atom stereocenters. The van der Waals surface area contributed by atoms with Crippen molar-refractivity contribution in [1.29, 1.82) is 5.26 Å². The Balaban J connectivity index is 1.43. The van der Waals surface area contributed by atoms with Crippen molar-refractivity contribution in [2.75, 3.05) is 34.9 Å². The molecule has 0 radical (unpaired) electrons. The van der Waals surface area contributed by atoms with Gasteiger partial charge in [0.15, 0.2) is 23.0 Å². The second kappa shape index (κ2) is 12.3. The minimum absolute atomic E-state index is 0.00958. The molecule has 2 bridgehead atoms. The van der Waals surface area contributed by atoms with Crippen molar-refractivity contribution in [2.45, 2.75) is 63.8 Å². The van der Waals surface area contributed by atoms with Gasteiger partial charge >= 0.3 is 0 Å². The van der Waals surface area contributed by atoms with Gasteiger partial charge in [-0.25, -0.2) is 0 Å². The van der Waals surface area contributed by atoms with Gasteiger partial charge in [0.05, 0.1) is 45.0 Å². The Morgan fingerprint density at radius 2 is 1.50 bits per heavy atom. The number of carbonyl (C=O) groups excluding carboxylic acids is 1. The Labute approximate surface area is 291 Å². The quantitative estimate of drug-likeness (QED) is 0.217. The number of benzene rings is 4. The number of carbonyl (C=O) groups is 1. The summed E-state index contributed by atoms with van der Waals surface area (Å²) in [6.45, 7) is 5.78. The summed E-state index contributed by atoms with van der Waals surface area (Å²) in [7, 11) is 6.60. The van der Waals surface area contributed by atoms with Crippen LogP contribution < -0.4 is 19.5 Å². The average Bonchev–Trinajstić information content (AvgIpc) is 3.10. The molecule has 260 valence electrons. The summed E-state index contributed by atoms with van der Waals surface area (Å²) < 4.78 is 17.4. The third-order valence-electron chi connectivity index (χ3n) is 11.4. The highest BCUT2D eigenvalue weighted by Crippen LogP contribution is 2.57. The van der Waals surface area contributed by atoms with Crippen molar-refractivity contribution in [3.63, 3.8) is 0 Å². The van der Waals surface area contributed by atoms with Crippen molar-refractivity contribution < 1.29 is 34.3 Å². The van der Waals surface area contributed by atoms with E-state index in [1.807, 2.05) is 46.0 Å². The predicted molar refractivity (Wildman–Crippen MR) is 187 cm³/mol. The van der Waals surface area contributed by atoms with Crippen LogP contribution >= 0.6 is 0 Å². The van der Waals surface area contributed by atoms with E-state index in [0.717, 1.165) is 33.2 Å². The van der Waals surface area contributed by atoms with Gasteiger partial charge in [0.25, 0.3) is 5.91 Å². The van der Waals surface area contributed by atoms with Crippen molar-refractivity contribution >= 4 is 16.7 Å². The lowest BCUT2D eigenvalue weighted by molar-refractivity contribution is -0.0722. The van der Waals surface area contributed by atoms with Gasteiger partial charge in [-0.05, 0) is 74.2 Å². The predicted octanol–water partition coefficient (Wildman–Crippen LogP) is 5.11. The Bertz CT molecular complexity index is 2110. The van der Waals surface area contributed by atoms with E-state index in [1.54, 1.807) is 26.4 Å². The number of fused-ring (bicyclic) bond motifs is 8. The third kappa shape index (κ3) is 4.58. The molecular weight excluding hydrogens is 636 g/mol. The van der Waals surface area contributed by atoms with E-state index < -0.39 is 18.0 Å². The molecule has 11 nitrogen and oxygen atoms in total. The summed E-state index contributed by atoms with van der Waals surface area (Å²) >= 11 is 0. The first-order valence-corrected chi connectivity index (χ1v) is 16.7. The van der Waals surface area contributed by atoms with Gasteiger partial charge < -0.3 is 34.8 Å². The van der Waals surface area contributed by atoms with E-state index in [4.69, 9.17) is 14.2 Å².